The highest BCUT2D eigenvalue weighted by molar-refractivity contribution is 6.31. The molecule has 2 rings (SSSR count). The van der Waals surface area contributed by atoms with Crippen LogP contribution in [0.5, 0.6) is 0 Å². The Morgan fingerprint density at radius 3 is 2.77 bits per heavy atom. The van der Waals surface area contributed by atoms with E-state index in [0.29, 0.717) is 5.56 Å². The summed E-state index contributed by atoms with van der Waals surface area (Å²) in [6.07, 6.45) is 0. The first kappa shape index (κ1) is 8.03. The van der Waals surface area contributed by atoms with Crippen LogP contribution < -0.4 is 0 Å². The number of rotatable bonds is 0. The van der Waals surface area contributed by atoms with Gasteiger partial charge in [-0.3, -0.25) is 0 Å². The van der Waals surface area contributed by atoms with Crippen LogP contribution in [0.1, 0.15) is 5.56 Å². The summed E-state index contributed by atoms with van der Waals surface area (Å²) in [5.41, 5.74) is 2.01. The number of hydrogen-bond donors (Lipinski definition) is 0. The second kappa shape index (κ2) is 3.04. The Morgan fingerprint density at radius 2 is 2.00 bits per heavy atom. The number of aromatic nitrogens is 1. The highest BCUT2D eigenvalue weighted by Crippen LogP contribution is 2.29. The lowest BCUT2D eigenvalue weighted by Gasteiger charge is -1.87. The average molecular weight is 189 g/mol. The smallest absolute Gasteiger partial charge is 0.148 e. The second-order valence-corrected chi connectivity index (χ2v) is 2.96. The molecule has 0 fully saturated rings. The molecule has 0 saturated carbocycles. The Kier molecular flexibility index (Phi) is 1.88. The van der Waals surface area contributed by atoms with Crippen LogP contribution >= 0.6 is 11.6 Å². The van der Waals surface area contributed by atoms with E-state index < -0.39 is 0 Å². The van der Waals surface area contributed by atoms with Gasteiger partial charge in [-0.2, -0.15) is 5.26 Å². The number of hydrogen-bond acceptors (Lipinski definition) is 2. The van der Waals surface area contributed by atoms with E-state index in [1.165, 1.54) is 0 Å². The van der Waals surface area contributed by atoms with Crippen LogP contribution in [0.4, 0.5) is 0 Å². The lowest BCUT2D eigenvalue weighted by molar-refractivity contribution is 1.41. The fraction of sp³-hybridized carbons (Fsp3) is 0. The fourth-order valence-corrected chi connectivity index (χ4v) is 1.46. The van der Waals surface area contributed by atoms with Gasteiger partial charge < -0.3 is 0 Å². The molecule has 13 heavy (non-hydrogen) atoms. The van der Waals surface area contributed by atoms with Crippen molar-refractivity contribution < 1.29 is 0 Å². The van der Waals surface area contributed by atoms with Gasteiger partial charge in [-0.1, -0.05) is 35.9 Å². The van der Waals surface area contributed by atoms with Crippen molar-refractivity contribution in [1.82, 2.24) is 4.98 Å². The molecule has 0 amide bonds. The minimum Gasteiger partial charge on any atom is -0.235 e. The van der Waals surface area contributed by atoms with Crippen molar-refractivity contribution in [3.63, 3.8) is 0 Å². The predicted molar refractivity (Wildman–Crippen MR) is 50.6 cm³/mol. The molecule has 0 N–H and O–H groups in total. The van der Waals surface area contributed by atoms with Gasteiger partial charge in [-0.15, -0.1) is 0 Å². The summed E-state index contributed by atoms with van der Waals surface area (Å²) in [5.74, 6) is 0. The molecule has 2 nitrogen and oxygen atoms in total. The normalized spacial score (nSPS) is 9.85. The molecule has 3 heteroatoms. The maximum Gasteiger partial charge on any atom is 0.148 e. The first-order valence-corrected chi connectivity index (χ1v) is 4.15. The lowest BCUT2D eigenvalue weighted by Crippen LogP contribution is -1.71. The molecule has 0 aromatic carbocycles. The van der Waals surface area contributed by atoms with E-state index in [1.54, 1.807) is 0 Å². The van der Waals surface area contributed by atoms with Gasteiger partial charge in [0.1, 0.15) is 11.2 Å². The number of nitrogens with zero attached hydrogens (tertiary/aromatic N) is 2. The topological polar surface area (TPSA) is 36.7 Å². The molecular weight excluding hydrogens is 184 g/mol. The van der Waals surface area contributed by atoms with E-state index in [9.17, 15) is 0 Å². The highest BCUT2D eigenvalue weighted by atomic mass is 35.5. The SMILES string of the molecule is N#Cc1c2cccccc-2nc1Cl. The Morgan fingerprint density at radius 1 is 1.23 bits per heavy atom. The number of halogens is 1. The summed E-state index contributed by atoms with van der Waals surface area (Å²) >= 11 is 5.78. The molecule has 0 spiro atoms. The van der Waals surface area contributed by atoms with Gasteiger partial charge in [0.25, 0.3) is 0 Å². The third-order valence-corrected chi connectivity index (χ3v) is 2.09. The second-order valence-electron chi connectivity index (χ2n) is 2.60. The largest absolute Gasteiger partial charge is 0.235 e. The Bertz CT molecular complexity index is 459. The van der Waals surface area contributed by atoms with Crippen LogP contribution in [0.15, 0.2) is 30.3 Å². The molecule has 0 aromatic heterocycles. The fourth-order valence-electron chi connectivity index (χ4n) is 1.23. The number of nitriles is 1. The van der Waals surface area contributed by atoms with Gasteiger partial charge in [-0.25, -0.2) is 4.98 Å². The molecule has 0 saturated heterocycles. The van der Waals surface area contributed by atoms with Crippen molar-refractivity contribution in [2.75, 3.05) is 0 Å². The molecule has 62 valence electrons. The maximum absolute atomic E-state index is 8.81. The Labute approximate surface area is 80.7 Å². The molecule has 0 unspecified atom stereocenters. The number of fused-ring (bicyclic) bond motifs is 1. The zero-order valence-corrected chi connectivity index (χ0v) is 7.42. The van der Waals surface area contributed by atoms with Crippen molar-refractivity contribution in [1.29, 1.82) is 5.26 Å². The van der Waals surface area contributed by atoms with Crippen molar-refractivity contribution in [2.45, 2.75) is 0 Å². The van der Waals surface area contributed by atoms with Gasteiger partial charge >= 0.3 is 0 Å². The summed E-state index contributed by atoms with van der Waals surface area (Å²) in [6.45, 7) is 0. The third-order valence-electron chi connectivity index (χ3n) is 1.82. The molecule has 2 aliphatic rings. The molecule has 1 aliphatic heterocycles. The lowest BCUT2D eigenvalue weighted by atomic mass is 10.1. The van der Waals surface area contributed by atoms with Gasteiger partial charge in [-0.05, 0) is 6.07 Å². The summed E-state index contributed by atoms with van der Waals surface area (Å²) in [5, 5.41) is 9.09. The van der Waals surface area contributed by atoms with Gasteiger partial charge in [0, 0.05) is 5.56 Å². The molecule has 0 aromatic rings. The summed E-state index contributed by atoms with van der Waals surface area (Å²) in [7, 11) is 0. The molecular formula is C10H5ClN2. The first-order valence-electron chi connectivity index (χ1n) is 3.77. The molecule has 0 atom stereocenters. The van der Waals surface area contributed by atoms with Gasteiger partial charge in [0.2, 0.25) is 0 Å². The monoisotopic (exact) mass is 188 g/mol. The van der Waals surface area contributed by atoms with Crippen LogP contribution in [0.25, 0.3) is 11.3 Å². The Hall–Kier alpha value is -1.59. The van der Waals surface area contributed by atoms with Gasteiger partial charge in [0.05, 0.1) is 11.3 Å². The molecule has 1 heterocycles. The van der Waals surface area contributed by atoms with Crippen LogP contribution in [0.2, 0.25) is 5.15 Å². The maximum atomic E-state index is 8.81. The van der Waals surface area contributed by atoms with E-state index in [4.69, 9.17) is 16.9 Å². The van der Waals surface area contributed by atoms with E-state index in [0.717, 1.165) is 11.3 Å². The predicted octanol–water partition coefficient (Wildman–Crippen LogP) is 2.71. The van der Waals surface area contributed by atoms with Gasteiger partial charge in [0.15, 0.2) is 0 Å². The van der Waals surface area contributed by atoms with Crippen LogP contribution in [-0.2, 0) is 0 Å². The van der Waals surface area contributed by atoms with E-state index in [2.05, 4.69) is 4.98 Å². The van der Waals surface area contributed by atoms with Crippen molar-refractivity contribution in [3.8, 4) is 17.3 Å². The van der Waals surface area contributed by atoms with Crippen LogP contribution in [-0.4, -0.2) is 4.98 Å². The van der Waals surface area contributed by atoms with E-state index in [-0.39, 0.29) is 5.15 Å². The molecule has 0 bridgehead atoms. The molecule has 0 radical (unpaired) electrons. The minimum absolute atomic E-state index is 0.281. The quantitative estimate of drug-likeness (QED) is 0.638. The minimum atomic E-state index is 0.281. The molecule has 1 aliphatic carbocycles. The van der Waals surface area contributed by atoms with Crippen LogP contribution in [0, 0.1) is 11.3 Å². The summed E-state index contributed by atoms with van der Waals surface area (Å²) in [4.78, 5) is 4.07. The zero-order chi connectivity index (χ0) is 9.26. The highest BCUT2D eigenvalue weighted by Gasteiger charge is 2.14. The van der Waals surface area contributed by atoms with E-state index in [1.807, 2.05) is 36.4 Å². The first-order chi connectivity index (χ1) is 6.33. The zero-order valence-electron chi connectivity index (χ0n) is 6.66. The third kappa shape index (κ3) is 1.24. The van der Waals surface area contributed by atoms with Crippen molar-refractivity contribution >= 4 is 11.6 Å². The summed E-state index contributed by atoms with van der Waals surface area (Å²) in [6, 6.07) is 11.3. The van der Waals surface area contributed by atoms with Crippen LogP contribution in [0.3, 0.4) is 0 Å². The standard InChI is InChI=1S/C10H5ClN2/c11-10-8(6-12)7-4-2-1-3-5-9(7)13-10/h1-5H. The van der Waals surface area contributed by atoms with Crippen molar-refractivity contribution in [3.05, 3.63) is 41.0 Å². The Balaban J connectivity index is 2.81. The van der Waals surface area contributed by atoms with E-state index >= 15 is 0 Å². The summed E-state index contributed by atoms with van der Waals surface area (Å²) < 4.78 is 0. The van der Waals surface area contributed by atoms with Crippen molar-refractivity contribution in [2.24, 2.45) is 0 Å². The average Bonchev–Trinajstić information content (AvgIpc) is 2.32.